The lowest BCUT2D eigenvalue weighted by atomic mass is 9.94. The van der Waals surface area contributed by atoms with E-state index in [2.05, 4.69) is 5.32 Å². The minimum absolute atomic E-state index is 0.192. The Labute approximate surface area is 149 Å². The molecule has 2 aromatic rings. The molecular formula is C15H12N4O8. The van der Waals surface area contributed by atoms with E-state index >= 15 is 0 Å². The van der Waals surface area contributed by atoms with Crippen LogP contribution in [0.4, 0.5) is 17.2 Å². The zero-order chi connectivity index (χ0) is 20.5. The molecule has 6 N–H and O–H groups in total. The Morgan fingerprint density at radius 2 is 1.78 bits per heavy atom. The van der Waals surface area contributed by atoms with Crippen LogP contribution in [0.15, 0.2) is 23.0 Å². The molecule has 0 saturated carbocycles. The minimum Gasteiger partial charge on any atom is -0.478 e. The number of pyridine rings is 1. The summed E-state index contributed by atoms with van der Waals surface area (Å²) in [7, 11) is 0. The first-order valence-corrected chi connectivity index (χ1v) is 7.13. The Bertz CT molecular complexity index is 1060. The number of hydrogen-bond donors (Lipinski definition) is 5. The summed E-state index contributed by atoms with van der Waals surface area (Å²) < 4.78 is 0. The number of nitrogens with zero attached hydrogens (tertiary/aromatic N) is 1. The summed E-state index contributed by atoms with van der Waals surface area (Å²) in [4.78, 5) is 58.5. The Balaban J connectivity index is 2.93. The number of carboxylic acid groups (broad SMARTS) is 2. The number of rotatable bonds is 5. The number of carbonyl (C=O) groups excluding carboxylic acids is 1. The Morgan fingerprint density at radius 3 is 2.26 bits per heavy atom. The van der Waals surface area contributed by atoms with Gasteiger partial charge in [-0.15, -0.1) is 0 Å². The maximum Gasteiger partial charge on any atom is 0.342 e. The van der Waals surface area contributed by atoms with Gasteiger partial charge in [0.15, 0.2) is 0 Å². The van der Waals surface area contributed by atoms with Crippen LogP contribution in [0.5, 0.6) is 0 Å². The van der Waals surface area contributed by atoms with Gasteiger partial charge in [0.2, 0.25) is 5.91 Å². The number of anilines is 2. The molecule has 0 aliphatic carbocycles. The van der Waals surface area contributed by atoms with Crippen molar-refractivity contribution in [2.24, 2.45) is 0 Å². The number of carbonyl (C=O) groups is 3. The van der Waals surface area contributed by atoms with Gasteiger partial charge in [-0.3, -0.25) is 19.7 Å². The molecule has 0 bridgehead atoms. The number of carboxylic acids is 2. The molecule has 27 heavy (non-hydrogen) atoms. The van der Waals surface area contributed by atoms with Gasteiger partial charge in [0.05, 0.1) is 4.92 Å². The molecule has 0 spiro atoms. The van der Waals surface area contributed by atoms with Gasteiger partial charge in [0.1, 0.15) is 22.6 Å². The number of nitro groups is 1. The lowest BCUT2D eigenvalue weighted by Gasteiger charge is -2.13. The predicted octanol–water partition coefficient (Wildman–Crippen LogP) is 0.887. The number of H-pyrrole nitrogens is 1. The summed E-state index contributed by atoms with van der Waals surface area (Å²) in [5.74, 6) is -4.60. The molecule has 12 nitrogen and oxygen atoms in total. The van der Waals surface area contributed by atoms with Crippen molar-refractivity contribution in [2.45, 2.75) is 6.92 Å². The third kappa shape index (κ3) is 3.58. The number of nitro benzene ring substituents is 1. The SMILES string of the molecule is CC(=O)Nc1ccc(-c2c(C(=O)O)c(N)[nH]c(=O)c2C(=O)O)cc1[N+](=O)[O-]. The fourth-order valence-corrected chi connectivity index (χ4v) is 2.47. The summed E-state index contributed by atoms with van der Waals surface area (Å²) >= 11 is 0. The zero-order valence-corrected chi connectivity index (χ0v) is 13.6. The van der Waals surface area contributed by atoms with Gasteiger partial charge in [-0.05, 0) is 11.6 Å². The quantitative estimate of drug-likeness (QED) is 0.370. The van der Waals surface area contributed by atoms with Crippen molar-refractivity contribution in [3.05, 3.63) is 49.8 Å². The topological polar surface area (TPSA) is 206 Å². The molecule has 140 valence electrons. The monoisotopic (exact) mass is 376 g/mol. The Morgan fingerprint density at radius 1 is 1.19 bits per heavy atom. The molecule has 0 atom stereocenters. The van der Waals surface area contributed by atoms with Crippen LogP contribution < -0.4 is 16.6 Å². The zero-order valence-electron chi connectivity index (χ0n) is 13.6. The highest BCUT2D eigenvalue weighted by molar-refractivity contribution is 6.07. The maximum absolute atomic E-state index is 12.0. The van der Waals surface area contributed by atoms with Gasteiger partial charge >= 0.3 is 11.9 Å². The number of hydrogen-bond acceptors (Lipinski definition) is 7. The molecule has 2 rings (SSSR count). The summed E-state index contributed by atoms with van der Waals surface area (Å²) in [5, 5.41) is 32.2. The fourth-order valence-electron chi connectivity index (χ4n) is 2.47. The fraction of sp³-hybridized carbons (Fsp3) is 0.0667. The molecule has 1 amide bonds. The average molecular weight is 376 g/mol. The molecule has 1 aromatic carbocycles. The third-order valence-electron chi connectivity index (χ3n) is 3.47. The van der Waals surface area contributed by atoms with Crippen LogP contribution in [0.1, 0.15) is 27.6 Å². The molecule has 1 heterocycles. The summed E-state index contributed by atoms with van der Waals surface area (Å²) in [6, 6.07) is 3.06. The van der Waals surface area contributed by atoms with Crippen LogP contribution in [0.25, 0.3) is 11.1 Å². The highest BCUT2D eigenvalue weighted by atomic mass is 16.6. The van der Waals surface area contributed by atoms with Crippen molar-refractivity contribution in [3.8, 4) is 11.1 Å². The van der Waals surface area contributed by atoms with Gasteiger partial charge in [0, 0.05) is 18.6 Å². The Kier molecular flexibility index (Phi) is 4.92. The van der Waals surface area contributed by atoms with Crippen molar-refractivity contribution in [3.63, 3.8) is 0 Å². The first-order chi connectivity index (χ1) is 12.5. The molecular weight excluding hydrogens is 364 g/mol. The predicted molar refractivity (Wildman–Crippen MR) is 91.8 cm³/mol. The summed E-state index contributed by atoms with van der Waals surface area (Å²) in [6.45, 7) is 1.13. The standard InChI is InChI=1S/C15H12N4O8/c1-5(20)17-7-3-2-6(4-8(7)19(26)27)9-10(14(22)23)12(16)18-13(21)11(9)15(24)25/h2-4H,1H3,(H,17,20)(H,22,23)(H,24,25)(H3,16,18,21). The minimum atomic E-state index is -1.75. The Hall–Kier alpha value is -4.22. The van der Waals surface area contributed by atoms with Crippen molar-refractivity contribution >= 4 is 35.0 Å². The van der Waals surface area contributed by atoms with Crippen LogP contribution in [0.3, 0.4) is 0 Å². The molecule has 1 aromatic heterocycles. The van der Waals surface area contributed by atoms with Crippen LogP contribution in [-0.2, 0) is 4.79 Å². The molecule has 0 radical (unpaired) electrons. The van der Waals surface area contributed by atoms with Gasteiger partial charge in [-0.1, -0.05) is 6.07 Å². The van der Waals surface area contributed by atoms with E-state index in [1.807, 2.05) is 4.98 Å². The van der Waals surface area contributed by atoms with E-state index in [0.29, 0.717) is 0 Å². The lowest BCUT2D eigenvalue weighted by Crippen LogP contribution is -2.24. The molecule has 0 saturated heterocycles. The molecule has 0 unspecified atom stereocenters. The van der Waals surface area contributed by atoms with Gasteiger partial charge in [-0.25, -0.2) is 9.59 Å². The molecule has 12 heteroatoms. The van der Waals surface area contributed by atoms with Gasteiger partial charge < -0.3 is 26.2 Å². The van der Waals surface area contributed by atoms with E-state index in [0.717, 1.165) is 25.1 Å². The smallest absolute Gasteiger partial charge is 0.342 e. The number of benzene rings is 1. The lowest BCUT2D eigenvalue weighted by molar-refractivity contribution is -0.383. The first-order valence-electron chi connectivity index (χ1n) is 7.13. The molecule has 0 aliphatic rings. The van der Waals surface area contributed by atoms with Crippen LogP contribution in [-0.4, -0.2) is 38.0 Å². The van der Waals surface area contributed by atoms with Crippen molar-refractivity contribution in [1.29, 1.82) is 0 Å². The average Bonchev–Trinajstić information content (AvgIpc) is 2.52. The van der Waals surface area contributed by atoms with E-state index in [-0.39, 0.29) is 11.3 Å². The normalized spacial score (nSPS) is 10.3. The van der Waals surface area contributed by atoms with Crippen molar-refractivity contribution < 1.29 is 29.5 Å². The largest absolute Gasteiger partial charge is 0.478 e. The highest BCUT2D eigenvalue weighted by Gasteiger charge is 2.28. The maximum atomic E-state index is 12.0. The van der Waals surface area contributed by atoms with E-state index in [4.69, 9.17) is 5.73 Å². The van der Waals surface area contributed by atoms with E-state index < -0.39 is 56.5 Å². The number of nitrogen functional groups attached to an aromatic ring is 1. The summed E-state index contributed by atoms with van der Waals surface area (Å²) in [6.07, 6.45) is 0. The van der Waals surface area contributed by atoms with E-state index in [1.54, 1.807) is 0 Å². The van der Waals surface area contributed by atoms with Crippen LogP contribution in [0.2, 0.25) is 0 Å². The highest BCUT2D eigenvalue weighted by Crippen LogP contribution is 2.34. The second-order valence-corrected chi connectivity index (χ2v) is 5.27. The molecule has 0 aliphatic heterocycles. The van der Waals surface area contributed by atoms with Crippen molar-refractivity contribution in [1.82, 2.24) is 4.98 Å². The second kappa shape index (κ2) is 6.95. The number of aromatic carboxylic acids is 2. The second-order valence-electron chi connectivity index (χ2n) is 5.27. The van der Waals surface area contributed by atoms with Gasteiger partial charge in [-0.2, -0.15) is 0 Å². The molecule has 0 fully saturated rings. The van der Waals surface area contributed by atoms with Crippen molar-refractivity contribution in [2.75, 3.05) is 11.1 Å². The number of aromatic amines is 1. The van der Waals surface area contributed by atoms with E-state index in [9.17, 15) is 39.5 Å². The third-order valence-corrected chi connectivity index (χ3v) is 3.47. The number of nitrogens with two attached hydrogens (primary N) is 1. The van der Waals surface area contributed by atoms with Crippen LogP contribution in [0, 0.1) is 10.1 Å². The van der Waals surface area contributed by atoms with E-state index in [1.165, 1.54) is 0 Å². The van der Waals surface area contributed by atoms with Gasteiger partial charge in [0.25, 0.3) is 11.2 Å². The number of nitrogens with one attached hydrogen (secondary N) is 2. The van der Waals surface area contributed by atoms with Crippen LogP contribution >= 0.6 is 0 Å². The first kappa shape index (κ1) is 19.1. The number of aromatic nitrogens is 1. The summed E-state index contributed by atoms with van der Waals surface area (Å²) in [5.41, 5.74) is 1.00. The number of amides is 1.